The van der Waals surface area contributed by atoms with E-state index in [1.807, 2.05) is 24.3 Å². The monoisotopic (exact) mass is 326 g/mol. The number of rotatable bonds is 4. The zero-order valence-electron chi connectivity index (χ0n) is 14.7. The van der Waals surface area contributed by atoms with Gasteiger partial charge in [0.2, 0.25) is 0 Å². The van der Waals surface area contributed by atoms with Gasteiger partial charge in [0.05, 0.1) is 12.2 Å². The van der Waals surface area contributed by atoms with Crippen LogP contribution in [0.25, 0.3) is 0 Å². The first kappa shape index (κ1) is 16.6. The molecule has 1 aliphatic heterocycles. The second-order valence-corrected chi connectivity index (χ2v) is 6.70. The Kier molecular flexibility index (Phi) is 4.88. The quantitative estimate of drug-likeness (QED) is 0.938. The van der Waals surface area contributed by atoms with E-state index < -0.39 is 0 Å². The van der Waals surface area contributed by atoms with Gasteiger partial charge in [-0.1, -0.05) is 18.2 Å². The van der Waals surface area contributed by atoms with E-state index in [9.17, 15) is 4.79 Å². The second kappa shape index (κ2) is 7.07. The molecule has 1 unspecified atom stereocenters. The summed E-state index contributed by atoms with van der Waals surface area (Å²) in [7, 11) is 1.90. The highest BCUT2D eigenvalue weighted by atomic mass is 16.2. The van der Waals surface area contributed by atoms with Crippen LogP contribution in [-0.2, 0) is 13.5 Å². The number of carbonyl (C=O) groups is 1. The number of amides is 2. The molecular weight excluding hydrogens is 300 g/mol. The van der Waals surface area contributed by atoms with Crippen LogP contribution < -0.4 is 5.32 Å². The molecule has 1 N–H and O–H groups in total. The van der Waals surface area contributed by atoms with E-state index in [1.165, 1.54) is 16.7 Å². The second-order valence-electron chi connectivity index (χ2n) is 6.70. The Morgan fingerprint density at radius 2 is 2.17 bits per heavy atom. The molecule has 1 saturated heterocycles. The molecule has 2 heterocycles. The average Bonchev–Trinajstić information content (AvgIpc) is 3.19. The largest absolute Gasteiger partial charge is 0.338 e. The van der Waals surface area contributed by atoms with E-state index >= 15 is 0 Å². The number of hydrogen-bond acceptors (Lipinski definition) is 2. The number of aryl methyl sites for hydroxylation is 3. The zero-order valence-corrected chi connectivity index (χ0v) is 14.7. The summed E-state index contributed by atoms with van der Waals surface area (Å²) in [6.45, 7) is 5.72. The first-order valence-corrected chi connectivity index (χ1v) is 8.64. The lowest BCUT2D eigenvalue weighted by Gasteiger charge is -2.26. The van der Waals surface area contributed by atoms with Gasteiger partial charge < -0.3 is 10.2 Å². The van der Waals surface area contributed by atoms with Gasteiger partial charge in [0.25, 0.3) is 0 Å². The number of hydrogen-bond donors (Lipinski definition) is 1. The molecular formula is C19H26N4O. The summed E-state index contributed by atoms with van der Waals surface area (Å²) >= 11 is 0. The normalized spacial score (nSPS) is 17.3. The highest BCUT2D eigenvalue weighted by Gasteiger charge is 2.29. The summed E-state index contributed by atoms with van der Waals surface area (Å²) in [6.07, 6.45) is 6.74. The summed E-state index contributed by atoms with van der Waals surface area (Å²) in [6, 6.07) is 6.78. The fourth-order valence-corrected chi connectivity index (χ4v) is 3.34. The van der Waals surface area contributed by atoms with Crippen LogP contribution in [0.3, 0.4) is 0 Å². The van der Waals surface area contributed by atoms with Crippen molar-refractivity contribution < 1.29 is 4.79 Å². The maximum Gasteiger partial charge on any atom is 0.317 e. The Morgan fingerprint density at radius 1 is 1.33 bits per heavy atom. The summed E-state index contributed by atoms with van der Waals surface area (Å²) in [5.74, 6) is 0. The fraction of sp³-hybridized carbons (Fsp3) is 0.474. The number of nitrogens with zero attached hydrogens (tertiary/aromatic N) is 3. The number of urea groups is 1. The Balaban J connectivity index is 1.59. The molecule has 5 heteroatoms. The van der Waals surface area contributed by atoms with Gasteiger partial charge >= 0.3 is 6.03 Å². The van der Waals surface area contributed by atoms with Gasteiger partial charge in [-0.15, -0.1) is 0 Å². The fourth-order valence-electron chi connectivity index (χ4n) is 3.34. The van der Waals surface area contributed by atoms with Crippen molar-refractivity contribution in [1.82, 2.24) is 20.0 Å². The average molecular weight is 326 g/mol. The summed E-state index contributed by atoms with van der Waals surface area (Å²) in [5.41, 5.74) is 4.98. The molecule has 0 aliphatic carbocycles. The molecule has 24 heavy (non-hydrogen) atoms. The van der Waals surface area contributed by atoms with E-state index in [0.29, 0.717) is 6.54 Å². The van der Waals surface area contributed by atoms with E-state index in [1.54, 1.807) is 4.68 Å². The van der Waals surface area contributed by atoms with Crippen molar-refractivity contribution in [2.24, 2.45) is 7.05 Å². The number of nitrogens with one attached hydrogen (secondary N) is 1. The molecule has 2 aromatic rings. The lowest BCUT2D eigenvalue weighted by molar-refractivity contribution is 0.193. The summed E-state index contributed by atoms with van der Waals surface area (Å²) < 4.78 is 1.79. The molecule has 0 bridgehead atoms. The molecule has 5 nitrogen and oxygen atoms in total. The Hall–Kier alpha value is -2.30. The van der Waals surface area contributed by atoms with E-state index in [0.717, 1.165) is 31.4 Å². The van der Waals surface area contributed by atoms with Crippen LogP contribution in [0.1, 0.15) is 41.1 Å². The number of likely N-dealkylation sites (tertiary alicyclic amines) is 1. The lowest BCUT2D eigenvalue weighted by Crippen LogP contribution is -2.40. The van der Waals surface area contributed by atoms with Crippen molar-refractivity contribution >= 4 is 6.03 Å². The van der Waals surface area contributed by atoms with Crippen molar-refractivity contribution in [3.63, 3.8) is 0 Å². The van der Waals surface area contributed by atoms with E-state index in [2.05, 4.69) is 42.5 Å². The first-order chi connectivity index (χ1) is 11.5. The maximum atomic E-state index is 12.6. The lowest BCUT2D eigenvalue weighted by atomic mass is 9.99. The minimum Gasteiger partial charge on any atom is -0.338 e. The zero-order chi connectivity index (χ0) is 17.1. The smallest absolute Gasteiger partial charge is 0.317 e. The summed E-state index contributed by atoms with van der Waals surface area (Å²) in [5, 5.41) is 7.21. The van der Waals surface area contributed by atoms with Crippen LogP contribution in [0.5, 0.6) is 0 Å². The molecule has 1 aliphatic rings. The van der Waals surface area contributed by atoms with Gasteiger partial charge in [0.1, 0.15) is 0 Å². The molecule has 2 amide bonds. The Bertz CT molecular complexity index is 722. The minimum atomic E-state index is 0.0413. The van der Waals surface area contributed by atoms with Crippen LogP contribution in [-0.4, -0.2) is 33.8 Å². The van der Waals surface area contributed by atoms with Crippen molar-refractivity contribution in [1.29, 1.82) is 0 Å². The van der Waals surface area contributed by atoms with Crippen LogP contribution in [0.15, 0.2) is 30.6 Å². The molecule has 0 spiro atoms. The highest BCUT2D eigenvalue weighted by molar-refractivity contribution is 5.75. The molecule has 128 valence electrons. The van der Waals surface area contributed by atoms with Crippen molar-refractivity contribution in [2.75, 3.05) is 13.1 Å². The molecule has 1 atom stereocenters. The predicted molar refractivity (Wildman–Crippen MR) is 94.9 cm³/mol. The van der Waals surface area contributed by atoms with Gasteiger partial charge in [-0.3, -0.25) is 4.68 Å². The first-order valence-electron chi connectivity index (χ1n) is 8.64. The van der Waals surface area contributed by atoms with Crippen molar-refractivity contribution in [3.05, 3.63) is 52.8 Å². The van der Waals surface area contributed by atoms with Crippen molar-refractivity contribution in [2.45, 2.75) is 39.2 Å². The third-order valence-corrected chi connectivity index (χ3v) is 4.88. The standard InChI is InChI=1S/C19H26N4O/c1-14-6-7-17(11-15(14)2)18-5-4-10-23(18)19(24)20-9-8-16-12-21-22(3)13-16/h6-7,11-13,18H,4-5,8-10H2,1-3H3,(H,20,24). The molecule has 1 fully saturated rings. The number of carbonyl (C=O) groups excluding carboxylic acids is 1. The maximum absolute atomic E-state index is 12.6. The van der Waals surface area contributed by atoms with E-state index in [4.69, 9.17) is 0 Å². The predicted octanol–water partition coefficient (Wildman–Crippen LogP) is 3.13. The SMILES string of the molecule is Cc1ccc(C2CCCN2C(=O)NCCc2cnn(C)c2)cc1C. The van der Waals surface area contributed by atoms with Gasteiger partial charge in [0.15, 0.2) is 0 Å². The topological polar surface area (TPSA) is 50.2 Å². The van der Waals surface area contributed by atoms with Gasteiger partial charge in [-0.05, 0) is 55.4 Å². The molecule has 3 rings (SSSR count). The van der Waals surface area contributed by atoms with Gasteiger partial charge in [-0.25, -0.2) is 4.79 Å². The van der Waals surface area contributed by atoms with Crippen LogP contribution in [0.2, 0.25) is 0 Å². The Morgan fingerprint density at radius 3 is 2.88 bits per heavy atom. The highest BCUT2D eigenvalue weighted by Crippen LogP contribution is 2.32. The van der Waals surface area contributed by atoms with Crippen LogP contribution in [0.4, 0.5) is 4.79 Å². The minimum absolute atomic E-state index is 0.0413. The number of aromatic nitrogens is 2. The van der Waals surface area contributed by atoms with Crippen LogP contribution in [0, 0.1) is 13.8 Å². The summed E-state index contributed by atoms with van der Waals surface area (Å²) in [4.78, 5) is 14.5. The third-order valence-electron chi connectivity index (χ3n) is 4.88. The molecule has 1 aromatic carbocycles. The third kappa shape index (κ3) is 3.61. The number of benzene rings is 1. The van der Waals surface area contributed by atoms with Crippen molar-refractivity contribution in [3.8, 4) is 0 Å². The Labute approximate surface area is 143 Å². The molecule has 0 saturated carbocycles. The van der Waals surface area contributed by atoms with E-state index in [-0.39, 0.29) is 12.1 Å². The van der Waals surface area contributed by atoms with Crippen LogP contribution >= 0.6 is 0 Å². The van der Waals surface area contributed by atoms with Gasteiger partial charge in [0, 0.05) is 26.3 Å². The molecule has 0 radical (unpaired) electrons. The molecule has 1 aromatic heterocycles. The van der Waals surface area contributed by atoms with Gasteiger partial charge in [-0.2, -0.15) is 5.10 Å².